The number of hydrogen-bond acceptors (Lipinski definition) is 10. The number of pyridine rings is 1. The largest absolute Gasteiger partial charge is 0.433 e. The van der Waals surface area contributed by atoms with Gasteiger partial charge < -0.3 is 20.5 Å². The smallest absolute Gasteiger partial charge is 0.219 e. The van der Waals surface area contributed by atoms with E-state index in [1.54, 1.807) is 24.9 Å². The summed E-state index contributed by atoms with van der Waals surface area (Å²) in [7, 11) is 0. The summed E-state index contributed by atoms with van der Waals surface area (Å²) in [5, 5.41) is 9.39. The average Bonchev–Trinajstić information content (AvgIpc) is 3.79. The van der Waals surface area contributed by atoms with Crippen LogP contribution in [0.15, 0.2) is 70.4 Å². The van der Waals surface area contributed by atoms with Crippen molar-refractivity contribution in [1.82, 2.24) is 15.0 Å². The molecule has 1 heterocycles. The van der Waals surface area contributed by atoms with Crippen molar-refractivity contribution in [1.29, 1.82) is 0 Å². The molecule has 0 unspecified atom stereocenters. The van der Waals surface area contributed by atoms with E-state index in [0.29, 0.717) is 28.6 Å². The van der Waals surface area contributed by atoms with Gasteiger partial charge in [0.1, 0.15) is 0 Å². The molecule has 218 valence electrons. The number of para-hydroxylation sites is 1. The number of ether oxygens (including phenoxy) is 1. The Kier molecular flexibility index (Phi) is 10.3. The number of allylic oxidation sites excluding steroid dienone is 3. The maximum absolute atomic E-state index is 13.9. The monoisotopic (exact) mass is 588 g/mol. The number of nitrogens with zero attached hydrogens (tertiary/aromatic N) is 3. The quantitative estimate of drug-likeness (QED) is 0.115. The summed E-state index contributed by atoms with van der Waals surface area (Å²) in [5.74, 6) is -2.27. The standard InChI is InChI=1S/C28H31F3N6O3S/c1-17-12-26(40-31)24(36-41-20-6-7-20)9-8-23(17)33-14-19(38)10-11-35-37(16-32)25-15-34-27(13-18(25)2)39-28-21(29)4-3-5-22(28)30/h3-5,9,11-13,15,20,33,36H,6-8,10,14,16,32H2,1-2H3/b35-11-. The zero-order valence-electron chi connectivity index (χ0n) is 22.6. The molecule has 0 saturated heterocycles. The van der Waals surface area contributed by atoms with Gasteiger partial charge in [0.05, 0.1) is 30.8 Å². The molecular weight excluding hydrogens is 557 g/mol. The van der Waals surface area contributed by atoms with Gasteiger partial charge in [0.2, 0.25) is 11.6 Å². The Bertz CT molecular complexity index is 1370. The fraction of sp³-hybridized carbons (Fsp3) is 0.321. The molecule has 0 radical (unpaired) electrons. The third kappa shape index (κ3) is 8.27. The van der Waals surface area contributed by atoms with E-state index in [9.17, 15) is 18.1 Å². The molecule has 1 aromatic carbocycles. The summed E-state index contributed by atoms with van der Waals surface area (Å²) in [6.07, 6.45) is 9.05. The van der Waals surface area contributed by atoms with E-state index in [1.165, 1.54) is 29.6 Å². The predicted molar refractivity (Wildman–Crippen MR) is 152 cm³/mol. The van der Waals surface area contributed by atoms with Gasteiger partial charge in [0.15, 0.2) is 23.2 Å². The topological polar surface area (TPSA) is 114 Å². The van der Waals surface area contributed by atoms with Crippen LogP contribution in [0.3, 0.4) is 0 Å². The minimum Gasteiger partial charge on any atom is -0.433 e. The minimum absolute atomic E-state index is 0.0000199. The number of rotatable bonds is 14. The molecule has 1 aromatic heterocycles. The van der Waals surface area contributed by atoms with E-state index < -0.39 is 17.4 Å². The molecule has 2 aliphatic rings. The molecule has 0 spiro atoms. The van der Waals surface area contributed by atoms with E-state index >= 15 is 0 Å². The number of aryl methyl sites for hydroxylation is 1. The lowest BCUT2D eigenvalue weighted by atomic mass is 10.2. The predicted octanol–water partition coefficient (Wildman–Crippen LogP) is 5.46. The molecule has 13 heteroatoms. The van der Waals surface area contributed by atoms with E-state index in [2.05, 4.69) is 25.1 Å². The van der Waals surface area contributed by atoms with Gasteiger partial charge in [-0.05, 0) is 68.0 Å². The SMILES string of the molecule is CC1=C(NCC(=O)C/C=N\N(CN)c2cnc(Oc3c(F)cccc3F)cc2C)CC=C(NSC2CC2)C(OF)=C1. The van der Waals surface area contributed by atoms with Crippen molar-refractivity contribution in [3.8, 4) is 11.6 Å². The molecule has 1 fully saturated rings. The Morgan fingerprint density at radius 3 is 2.71 bits per heavy atom. The molecule has 0 atom stereocenters. The lowest BCUT2D eigenvalue weighted by molar-refractivity contribution is -0.116. The summed E-state index contributed by atoms with van der Waals surface area (Å²) in [4.78, 5) is 20.7. The molecule has 0 aliphatic heterocycles. The Hall–Kier alpha value is -3.97. The van der Waals surface area contributed by atoms with Crippen LogP contribution in [0.4, 0.5) is 19.0 Å². The number of hydrazone groups is 1. The normalized spacial score (nSPS) is 15.3. The Morgan fingerprint density at radius 1 is 1.29 bits per heavy atom. The van der Waals surface area contributed by atoms with Crippen molar-refractivity contribution in [2.75, 3.05) is 18.2 Å². The molecule has 9 nitrogen and oxygen atoms in total. The zero-order valence-corrected chi connectivity index (χ0v) is 23.4. The Labute approximate surface area is 240 Å². The van der Waals surface area contributed by atoms with Crippen molar-refractivity contribution in [2.24, 2.45) is 10.8 Å². The van der Waals surface area contributed by atoms with E-state index in [1.807, 2.05) is 13.0 Å². The lowest BCUT2D eigenvalue weighted by Crippen LogP contribution is -2.26. The Morgan fingerprint density at radius 2 is 2.05 bits per heavy atom. The van der Waals surface area contributed by atoms with Gasteiger partial charge in [0, 0.05) is 40.6 Å². The van der Waals surface area contributed by atoms with Crippen molar-refractivity contribution in [3.05, 3.63) is 82.5 Å². The second-order valence-corrected chi connectivity index (χ2v) is 10.5. The fourth-order valence-corrected chi connectivity index (χ4v) is 4.64. The highest BCUT2D eigenvalue weighted by atomic mass is 32.2. The highest BCUT2D eigenvalue weighted by Gasteiger charge is 2.24. The molecule has 4 rings (SSSR count). The van der Waals surface area contributed by atoms with Crippen LogP contribution in [0.5, 0.6) is 11.6 Å². The third-order valence-corrected chi connectivity index (χ3v) is 7.36. The molecule has 2 aliphatic carbocycles. The lowest BCUT2D eigenvalue weighted by Gasteiger charge is -2.19. The van der Waals surface area contributed by atoms with E-state index in [4.69, 9.17) is 10.5 Å². The van der Waals surface area contributed by atoms with Crippen molar-refractivity contribution < 1.29 is 27.8 Å². The maximum atomic E-state index is 13.9. The number of ketones is 1. The number of hydrogen-bond donors (Lipinski definition) is 3. The van der Waals surface area contributed by atoms with Gasteiger partial charge in [-0.25, -0.2) is 13.8 Å². The molecule has 0 bridgehead atoms. The first-order valence-corrected chi connectivity index (χ1v) is 13.8. The number of benzene rings is 1. The molecule has 0 amide bonds. The van der Waals surface area contributed by atoms with Crippen LogP contribution in [0.1, 0.15) is 38.2 Å². The molecule has 4 N–H and O–H groups in total. The van der Waals surface area contributed by atoms with Gasteiger partial charge in [-0.1, -0.05) is 12.1 Å². The second-order valence-electron chi connectivity index (χ2n) is 9.43. The second kappa shape index (κ2) is 14.1. The number of carbonyl (C=O) groups excluding carboxylic acids is 1. The summed E-state index contributed by atoms with van der Waals surface area (Å²) < 4.78 is 49.4. The highest BCUT2D eigenvalue weighted by Crippen LogP contribution is 2.34. The van der Waals surface area contributed by atoms with Crippen molar-refractivity contribution in [2.45, 2.75) is 44.8 Å². The van der Waals surface area contributed by atoms with Crippen LogP contribution >= 0.6 is 11.9 Å². The molecule has 2 aromatic rings. The zero-order chi connectivity index (χ0) is 29.4. The molecule has 1 saturated carbocycles. The summed E-state index contributed by atoms with van der Waals surface area (Å²) in [5.41, 5.74) is 9.11. The van der Waals surface area contributed by atoms with Crippen LogP contribution in [0.2, 0.25) is 0 Å². The number of anilines is 1. The number of halogens is 3. The molecule has 41 heavy (non-hydrogen) atoms. The third-order valence-electron chi connectivity index (χ3n) is 6.22. The minimum atomic E-state index is -0.845. The number of nitrogens with one attached hydrogen (secondary N) is 2. The number of nitrogens with two attached hydrogens (primary N) is 1. The first-order valence-electron chi connectivity index (χ1n) is 12.9. The highest BCUT2D eigenvalue weighted by molar-refractivity contribution is 7.98. The Balaban J connectivity index is 1.31. The van der Waals surface area contributed by atoms with Crippen LogP contribution in [-0.2, 0) is 9.74 Å². The summed E-state index contributed by atoms with van der Waals surface area (Å²) in [6, 6.07) is 4.92. The van der Waals surface area contributed by atoms with Gasteiger partial charge in [-0.15, -0.1) is 0 Å². The van der Waals surface area contributed by atoms with Crippen LogP contribution < -0.4 is 25.5 Å². The van der Waals surface area contributed by atoms with Gasteiger partial charge in [0.25, 0.3) is 0 Å². The van der Waals surface area contributed by atoms with E-state index in [-0.39, 0.29) is 37.1 Å². The fourth-order valence-electron chi connectivity index (χ4n) is 3.79. The van der Waals surface area contributed by atoms with Crippen molar-refractivity contribution in [3.63, 3.8) is 0 Å². The van der Waals surface area contributed by atoms with Gasteiger partial charge in [-0.2, -0.15) is 5.10 Å². The van der Waals surface area contributed by atoms with Gasteiger partial charge in [-0.3, -0.25) is 14.7 Å². The van der Waals surface area contributed by atoms with Crippen LogP contribution in [-0.4, -0.2) is 35.4 Å². The van der Waals surface area contributed by atoms with Crippen molar-refractivity contribution >= 4 is 29.6 Å². The summed E-state index contributed by atoms with van der Waals surface area (Å²) >= 11 is 1.55. The first-order chi connectivity index (χ1) is 19.8. The number of carbonyl (C=O) groups is 1. The van der Waals surface area contributed by atoms with Gasteiger partial charge >= 0.3 is 0 Å². The van der Waals surface area contributed by atoms with Crippen LogP contribution in [0, 0.1) is 18.6 Å². The average molecular weight is 589 g/mol. The van der Waals surface area contributed by atoms with Crippen LogP contribution in [0.25, 0.3) is 0 Å². The maximum Gasteiger partial charge on any atom is 0.219 e. The first kappa shape index (κ1) is 30.0. The molecular formula is C28H31F3N6O3S. The number of Topliss-reactive ketones (excluding diaryl/α,β-unsaturated/α-hetero) is 1. The number of aromatic nitrogens is 1. The summed E-state index contributed by atoms with van der Waals surface area (Å²) in [6.45, 7) is 3.60. The van der Waals surface area contributed by atoms with E-state index in [0.717, 1.165) is 36.2 Å².